The van der Waals surface area contributed by atoms with Crippen molar-refractivity contribution < 1.29 is 34.0 Å². The van der Waals surface area contributed by atoms with E-state index in [9.17, 15) is 19.8 Å². The lowest BCUT2D eigenvalue weighted by molar-refractivity contribution is -0.127. The molecule has 0 bridgehead atoms. The Kier molecular flexibility index (Phi) is 13.2. The third kappa shape index (κ3) is 10.6. The molecule has 274 valence electrons. The van der Waals surface area contributed by atoms with E-state index in [1.165, 1.54) is 0 Å². The van der Waals surface area contributed by atoms with Crippen molar-refractivity contribution in [3.63, 3.8) is 0 Å². The average molecular weight is 709 g/mol. The van der Waals surface area contributed by atoms with Crippen LogP contribution in [0.25, 0.3) is 0 Å². The average Bonchev–Trinajstić information content (AvgIpc) is 3.49. The summed E-state index contributed by atoms with van der Waals surface area (Å²) in [7, 11) is 0. The second kappa shape index (κ2) is 18.6. The van der Waals surface area contributed by atoms with Gasteiger partial charge in [0.2, 0.25) is 5.91 Å². The smallest absolute Gasteiger partial charge is 0.407 e. The first kappa shape index (κ1) is 37.0. The van der Waals surface area contributed by atoms with Gasteiger partial charge >= 0.3 is 6.09 Å². The number of aromatic nitrogens is 1. The van der Waals surface area contributed by atoms with E-state index < -0.39 is 36.3 Å². The standard InChI is InChI=1S/C41H48N4O7/c46-37(36(25-29-6-2-1-3-7-29)43-41(49)52-28-31-14-16-42-17-15-31)27-33(40(48)44-39-35-9-5-4-8-32(35)26-38(39)47)24-30-10-12-34(13-11-30)51-23-20-45-18-21-50-22-19-45/h1-17,33,36-39,46-47H,18-28H2,(H,43,49)(H,44,48). The van der Waals surface area contributed by atoms with Crippen LogP contribution in [0.1, 0.15) is 40.3 Å². The van der Waals surface area contributed by atoms with Crippen LogP contribution < -0.4 is 15.4 Å². The Balaban J connectivity index is 1.16. The third-order valence-corrected chi connectivity index (χ3v) is 9.77. The summed E-state index contributed by atoms with van der Waals surface area (Å²) < 4.78 is 16.9. The molecule has 2 heterocycles. The number of benzene rings is 3. The molecule has 2 aliphatic rings. The van der Waals surface area contributed by atoms with Gasteiger partial charge in [0.1, 0.15) is 19.0 Å². The summed E-state index contributed by atoms with van der Waals surface area (Å²) >= 11 is 0. The second-order valence-corrected chi connectivity index (χ2v) is 13.5. The summed E-state index contributed by atoms with van der Waals surface area (Å²) in [4.78, 5) is 33.5. The molecule has 4 aromatic rings. The predicted molar refractivity (Wildman–Crippen MR) is 196 cm³/mol. The number of hydrogen-bond donors (Lipinski definition) is 4. The highest BCUT2D eigenvalue weighted by atomic mass is 16.5. The molecule has 1 aliphatic heterocycles. The minimum Gasteiger partial charge on any atom is -0.492 e. The van der Waals surface area contributed by atoms with Crippen LogP contribution in [0.15, 0.2) is 103 Å². The van der Waals surface area contributed by atoms with Crippen LogP contribution in [0.3, 0.4) is 0 Å². The zero-order chi connectivity index (χ0) is 36.1. The van der Waals surface area contributed by atoms with Gasteiger partial charge in [-0.2, -0.15) is 0 Å². The lowest BCUT2D eigenvalue weighted by Gasteiger charge is -2.28. The number of hydrogen-bond acceptors (Lipinski definition) is 9. The molecule has 1 saturated heterocycles. The molecule has 11 heteroatoms. The van der Waals surface area contributed by atoms with Crippen molar-refractivity contribution in [1.29, 1.82) is 0 Å². The molecular weight excluding hydrogens is 660 g/mol. The van der Waals surface area contributed by atoms with Crippen LogP contribution >= 0.6 is 0 Å². The van der Waals surface area contributed by atoms with Gasteiger partial charge in [0.25, 0.3) is 0 Å². The number of aliphatic hydroxyl groups excluding tert-OH is 2. The maximum Gasteiger partial charge on any atom is 0.407 e. The fourth-order valence-corrected chi connectivity index (χ4v) is 6.85. The number of ether oxygens (including phenoxy) is 3. The van der Waals surface area contributed by atoms with E-state index in [4.69, 9.17) is 14.2 Å². The molecule has 2 amide bonds. The number of nitrogens with zero attached hydrogens (tertiary/aromatic N) is 2. The number of fused-ring (bicyclic) bond motifs is 1. The summed E-state index contributed by atoms with van der Waals surface area (Å²) in [5.41, 5.74) is 4.48. The Labute approximate surface area is 304 Å². The molecule has 1 fully saturated rings. The van der Waals surface area contributed by atoms with E-state index in [0.717, 1.165) is 66.4 Å². The quantitative estimate of drug-likeness (QED) is 0.136. The Morgan fingerprint density at radius 3 is 2.37 bits per heavy atom. The number of amides is 2. The maximum absolute atomic E-state index is 14.1. The minimum absolute atomic E-state index is 0.0473. The Morgan fingerprint density at radius 2 is 1.60 bits per heavy atom. The maximum atomic E-state index is 14.1. The SMILES string of the molecule is O=C(NC(Cc1ccccc1)C(O)CC(Cc1ccc(OCCN2CCOCC2)cc1)C(=O)NC1c2ccccc2CC1O)OCc1ccncc1. The Hall–Kier alpha value is -4.81. The zero-order valence-corrected chi connectivity index (χ0v) is 29.3. The zero-order valence-electron chi connectivity index (χ0n) is 29.3. The molecule has 5 atom stereocenters. The van der Waals surface area contributed by atoms with E-state index in [1.807, 2.05) is 78.9 Å². The fourth-order valence-electron chi connectivity index (χ4n) is 6.85. The molecule has 4 N–H and O–H groups in total. The van der Waals surface area contributed by atoms with Crippen molar-refractivity contribution in [1.82, 2.24) is 20.5 Å². The van der Waals surface area contributed by atoms with Crippen molar-refractivity contribution in [3.8, 4) is 5.75 Å². The first-order valence-corrected chi connectivity index (χ1v) is 18.0. The van der Waals surface area contributed by atoms with Gasteiger partial charge in [-0.05, 0) is 71.3 Å². The summed E-state index contributed by atoms with van der Waals surface area (Å²) in [5, 5.41) is 28.7. The Bertz CT molecular complexity index is 1700. The predicted octanol–water partition coefficient (Wildman–Crippen LogP) is 4.01. The highest BCUT2D eigenvalue weighted by molar-refractivity contribution is 5.80. The largest absolute Gasteiger partial charge is 0.492 e. The molecule has 5 unspecified atom stereocenters. The monoisotopic (exact) mass is 708 g/mol. The number of carbonyl (C=O) groups excluding carboxylic acids is 2. The van der Waals surface area contributed by atoms with E-state index in [0.29, 0.717) is 25.9 Å². The van der Waals surface area contributed by atoms with E-state index in [2.05, 4.69) is 20.5 Å². The van der Waals surface area contributed by atoms with Gasteiger partial charge in [0, 0.05) is 44.4 Å². The minimum atomic E-state index is -1.10. The normalized spacial score (nSPS) is 18.8. The number of pyridine rings is 1. The van der Waals surface area contributed by atoms with Crippen LogP contribution in [-0.2, 0) is 40.1 Å². The van der Waals surface area contributed by atoms with Crippen molar-refractivity contribution in [2.75, 3.05) is 39.5 Å². The lowest BCUT2D eigenvalue weighted by Crippen LogP contribution is -2.47. The van der Waals surface area contributed by atoms with E-state index >= 15 is 0 Å². The highest BCUT2D eigenvalue weighted by Gasteiger charge is 2.35. The van der Waals surface area contributed by atoms with Crippen molar-refractivity contribution in [2.45, 2.75) is 56.6 Å². The van der Waals surface area contributed by atoms with E-state index in [1.54, 1.807) is 24.5 Å². The van der Waals surface area contributed by atoms with Gasteiger partial charge in [-0.15, -0.1) is 0 Å². The summed E-state index contributed by atoms with van der Waals surface area (Å²) in [5.74, 6) is -0.235. The molecule has 0 saturated carbocycles. The Morgan fingerprint density at radius 1 is 0.885 bits per heavy atom. The number of aliphatic hydroxyl groups is 2. The number of nitrogens with one attached hydrogen (secondary N) is 2. The number of rotatable bonds is 16. The molecule has 1 aromatic heterocycles. The molecule has 52 heavy (non-hydrogen) atoms. The lowest BCUT2D eigenvalue weighted by atomic mass is 9.88. The molecule has 3 aromatic carbocycles. The second-order valence-electron chi connectivity index (χ2n) is 13.5. The molecule has 0 spiro atoms. The van der Waals surface area contributed by atoms with E-state index in [-0.39, 0.29) is 18.9 Å². The van der Waals surface area contributed by atoms with Gasteiger partial charge < -0.3 is 35.1 Å². The summed E-state index contributed by atoms with van der Waals surface area (Å²) in [6.07, 6.45) is 1.87. The van der Waals surface area contributed by atoms with Crippen LogP contribution in [0.5, 0.6) is 5.75 Å². The number of morpholine rings is 1. The first-order chi connectivity index (χ1) is 25.4. The number of carbonyl (C=O) groups is 2. The summed E-state index contributed by atoms with van der Waals surface area (Å²) in [6, 6.07) is 27.2. The van der Waals surface area contributed by atoms with Gasteiger partial charge in [-0.1, -0.05) is 66.7 Å². The van der Waals surface area contributed by atoms with Gasteiger partial charge in [0.15, 0.2) is 0 Å². The molecular formula is C41H48N4O7. The molecule has 11 nitrogen and oxygen atoms in total. The third-order valence-electron chi connectivity index (χ3n) is 9.77. The topological polar surface area (TPSA) is 142 Å². The van der Waals surface area contributed by atoms with Crippen molar-refractivity contribution >= 4 is 12.0 Å². The number of alkyl carbamates (subject to hydrolysis) is 1. The highest BCUT2D eigenvalue weighted by Crippen LogP contribution is 2.32. The van der Waals surface area contributed by atoms with Gasteiger partial charge in [-0.3, -0.25) is 14.7 Å². The first-order valence-electron chi connectivity index (χ1n) is 18.0. The van der Waals surface area contributed by atoms with Gasteiger partial charge in [0.05, 0.1) is 37.5 Å². The summed E-state index contributed by atoms with van der Waals surface area (Å²) in [6.45, 7) is 4.70. The van der Waals surface area contributed by atoms with Crippen molar-refractivity contribution in [3.05, 3.63) is 131 Å². The van der Waals surface area contributed by atoms with Crippen LogP contribution in [-0.4, -0.2) is 89.8 Å². The fraction of sp³-hybridized carbons (Fsp3) is 0.390. The molecule has 0 radical (unpaired) electrons. The van der Waals surface area contributed by atoms with Crippen molar-refractivity contribution in [2.24, 2.45) is 5.92 Å². The van der Waals surface area contributed by atoms with Crippen LogP contribution in [0, 0.1) is 5.92 Å². The van der Waals surface area contributed by atoms with Crippen LogP contribution in [0.2, 0.25) is 0 Å². The molecule has 1 aliphatic carbocycles. The molecule has 6 rings (SSSR count). The van der Waals surface area contributed by atoms with Gasteiger partial charge in [-0.25, -0.2) is 4.79 Å². The van der Waals surface area contributed by atoms with Crippen LogP contribution in [0.4, 0.5) is 4.79 Å².